The number of hydrogen-bond donors (Lipinski definition) is 2. The van der Waals surface area contributed by atoms with Crippen molar-refractivity contribution in [1.82, 2.24) is 20.3 Å². The minimum absolute atomic E-state index is 0.0996. The summed E-state index contributed by atoms with van der Waals surface area (Å²) in [7, 11) is 0. The number of rotatable bonds is 4. The van der Waals surface area contributed by atoms with Gasteiger partial charge >= 0.3 is 0 Å². The van der Waals surface area contributed by atoms with Gasteiger partial charge in [0.2, 0.25) is 0 Å². The largest absolute Gasteiger partial charge is 0.373 e. The molecule has 0 aliphatic carbocycles. The van der Waals surface area contributed by atoms with Gasteiger partial charge in [0.05, 0.1) is 11.3 Å². The van der Waals surface area contributed by atoms with E-state index in [1.165, 1.54) is 5.56 Å². The Morgan fingerprint density at radius 1 is 1.20 bits per heavy atom. The van der Waals surface area contributed by atoms with Gasteiger partial charge < -0.3 is 15.4 Å². The molecule has 0 amide bonds. The van der Waals surface area contributed by atoms with Crippen LogP contribution < -0.4 is 10.6 Å². The summed E-state index contributed by atoms with van der Waals surface area (Å²) in [6, 6.07) is 3.92. The van der Waals surface area contributed by atoms with E-state index >= 15 is 0 Å². The molecule has 1 saturated heterocycles. The van der Waals surface area contributed by atoms with Crippen LogP contribution in [0, 0.1) is 0 Å². The molecule has 25 heavy (non-hydrogen) atoms. The summed E-state index contributed by atoms with van der Waals surface area (Å²) in [4.78, 5) is 13.8. The first-order valence-electron chi connectivity index (χ1n) is 9.12. The standard InChI is InChI=1S/C19H25N5O/c1-19(7-2-12-25-19)13-22-18-15-5-10-21-11-6-16(15)23-17(24-18)14-3-8-20-9-4-14/h3-4,8-9,21H,2,5-7,10-13H2,1H3,(H,22,23,24)/t19-/m1/s1. The molecule has 0 spiro atoms. The molecule has 1 atom stereocenters. The Hall–Kier alpha value is -2.05. The van der Waals surface area contributed by atoms with E-state index in [9.17, 15) is 0 Å². The normalized spacial score (nSPS) is 23.1. The highest BCUT2D eigenvalue weighted by Gasteiger charge is 2.30. The van der Waals surface area contributed by atoms with Crippen LogP contribution in [-0.4, -0.2) is 46.8 Å². The van der Waals surface area contributed by atoms with Gasteiger partial charge in [0, 0.05) is 49.6 Å². The van der Waals surface area contributed by atoms with Gasteiger partial charge in [-0.05, 0) is 44.9 Å². The lowest BCUT2D eigenvalue weighted by atomic mass is 10.0. The molecule has 132 valence electrons. The van der Waals surface area contributed by atoms with Crippen LogP contribution in [0.4, 0.5) is 5.82 Å². The molecule has 0 bridgehead atoms. The maximum Gasteiger partial charge on any atom is 0.161 e. The molecular formula is C19H25N5O. The first-order valence-corrected chi connectivity index (χ1v) is 9.12. The quantitative estimate of drug-likeness (QED) is 0.890. The summed E-state index contributed by atoms with van der Waals surface area (Å²) in [6.45, 7) is 5.73. The average Bonchev–Trinajstić information content (AvgIpc) is 2.94. The number of fused-ring (bicyclic) bond motifs is 1. The minimum Gasteiger partial charge on any atom is -0.373 e. The summed E-state index contributed by atoms with van der Waals surface area (Å²) < 4.78 is 5.92. The third kappa shape index (κ3) is 3.65. The van der Waals surface area contributed by atoms with E-state index in [1.807, 2.05) is 12.1 Å². The molecule has 4 rings (SSSR count). The summed E-state index contributed by atoms with van der Waals surface area (Å²) in [6.07, 6.45) is 7.67. The Bertz CT molecular complexity index is 728. The van der Waals surface area contributed by atoms with Crippen molar-refractivity contribution in [3.8, 4) is 11.4 Å². The van der Waals surface area contributed by atoms with Gasteiger partial charge in [-0.15, -0.1) is 0 Å². The van der Waals surface area contributed by atoms with Crippen LogP contribution in [0.25, 0.3) is 11.4 Å². The SMILES string of the molecule is C[C@]1(CNc2nc(-c3ccncc3)nc3c2CCNCC3)CCCO1. The lowest BCUT2D eigenvalue weighted by Gasteiger charge is -2.25. The van der Waals surface area contributed by atoms with Crippen molar-refractivity contribution < 1.29 is 4.74 Å². The molecule has 0 aromatic carbocycles. The van der Waals surface area contributed by atoms with Crippen molar-refractivity contribution >= 4 is 5.82 Å². The number of nitrogens with one attached hydrogen (secondary N) is 2. The third-order valence-electron chi connectivity index (χ3n) is 5.05. The molecule has 0 radical (unpaired) electrons. The molecule has 2 N–H and O–H groups in total. The summed E-state index contributed by atoms with van der Waals surface area (Å²) in [5, 5.41) is 7.03. The highest BCUT2D eigenvalue weighted by atomic mass is 16.5. The van der Waals surface area contributed by atoms with E-state index in [-0.39, 0.29) is 5.60 Å². The highest BCUT2D eigenvalue weighted by Crippen LogP contribution is 2.28. The van der Waals surface area contributed by atoms with Crippen molar-refractivity contribution in [2.45, 2.75) is 38.2 Å². The van der Waals surface area contributed by atoms with E-state index in [2.05, 4.69) is 22.5 Å². The zero-order chi connectivity index (χ0) is 17.1. The predicted molar refractivity (Wildman–Crippen MR) is 97.6 cm³/mol. The average molecular weight is 339 g/mol. The molecule has 4 heterocycles. The first-order chi connectivity index (χ1) is 12.2. The van der Waals surface area contributed by atoms with Crippen LogP contribution >= 0.6 is 0 Å². The van der Waals surface area contributed by atoms with Crippen LogP contribution in [0.15, 0.2) is 24.5 Å². The number of ether oxygens (including phenoxy) is 1. The molecule has 2 aliphatic rings. The van der Waals surface area contributed by atoms with E-state index in [1.54, 1.807) is 12.4 Å². The van der Waals surface area contributed by atoms with E-state index in [0.717, 1.165) is 74.8 Å². The number of nitrogens with zero attached hydrogens (tertiary/aromatic N) is 3. The molecule has 1 fully saturated rings. The van der Waals surface area contributed by atoms with Gasteiger partial charge in [-0.1, -0.05) is 0 Å². The van der Waals surface area contributed by atoms with Crippen LogP contribution in [0.5, 0.6) is 0 Å². The molecule has 6 nitrogen and oxygen atoms in total. The van der Waals surface area contributed by atoms with Crippen molar-refractivity contribution in [3.05, 3.63) is 35.8 Å². The second-order valence-electron chi connectivity index (χ2n) is 7.06. The van der Waals surface area contributed by atoms with Crippen molar-refractivity contribution in [1.29, 1.82) is 0 Å². The van der Waals surface area contributed by atoms with Gasteiger partial charge in [0.1, 0.15) is 5.82 Å². The van der Waals surface area contributed by atoms with Gasteiger partial charge in [-0.3, -0.25) is 4.98 Å². The molecular weight excluding hydrogens is 314 g/mol. The summed E-state index contributed by atoms with van der Waals surface area (Å²) >= 11 is 0. The van der Waals surface area contributed by atoms with Gasteiger partial charge in [-0.2, -0.15) is 0 Å². The number of hydrogen-bond acceptors (Lipinski definition) is 6. The molecule has 0 saturated carbocycles. The molecule has 6 heteroatoms. The van der Waals surface area contributed by atoms with Crippen molar-refractivity contribution in [2.75, 3.05) is 31.6 Å². The fourth-order valence-electron chi connectivity index (χ4n) is 3.57. The highest BCUT2D eigenvalue weighted by molar-refractivity contribution is 5.59. The molecule has 2 aliphatic heterocycles. The predicted octanol–water partition coefficient (Wildman–Crippen LogP) is 2.21. The smallest absolute Gasteiger partial charge is 0.161 e. The zero-order valence-corrected chi connectivity index (χ0v) is 14.7. The second kappa shape index (κ2) is 7.06. The number of anilines is 1. The fourth-order valence-corrected chi connectivity index (χ4v) is 3.57. The Balaban J connectivity index is 1.67. The van der Waals surface area contributed by atoms with Crippen molar-refractivity contribution in [2.24, 2.45) is 0 Å². The van der Waals surface area contributed by atoms with Gasteiger partial charge in [-0.25, -0.2) is 9.97 Å². The van der Waals surface area contributed by atoms with E-state index < -0.39 is 0 Å². The summed E-state index contributed by atoms with van der Waals surface area (Å²) in [5.74, 6) is 1.72. The monoisotopic (exact) mass is 339 g/mol. The van der Waals surface area contributed by atoms with Crippen LogP contribution in [0.3, 0.4) is 0 Å². The molecule has 0 unspecified atom stereocenters. The Labute approximate surface area is 148 Å². The van der Waals surface area contributed by atoms with Gasteiger partial charge in [0.25, 0.3) is 0 Å². The summed E-state index contributed by atoms with van der Waals surface area (Å²) in [5.41, 5.74) is 3.29. The Morgan fingerprint density at radius 3 is 2.84 bits per heavy atom. The Kier molecular flexibility index (Phi) is 4.63. The van der Waals surface area contributed by atoms with Gasteiger partial charge in [0.15, 0.2) is 5.82 Å². The Morgan fingerprint density at radius 2 is 2.04 bits per heavy atom. The van der Waals surface area contributed by atoms with Crippen LogP contribution in [-0.2, 0) is 17.6 Å². The number of aromatic nitrogens is 3. The lowest BCUT2D eigenvalue weighted by molar-refractivity contribution is 0.0314. The third-order valence-corrected chi connectivity index (χ3v) is 5.05. The van der Waals surface area contributed by atoms with Crippen LogP contribution in [0.1, 0.15) is 31.0 Å². The fraction of sp³-hybridized carbons (Fsp3) is 0.526. The maximum absolute atomic E-state index is 5.92. The maximum atomic E-state index is 5.92. The van der Waals surface area contributed by atoms with E-state index in [4.69, 9.17) is 14.7 Å². The molecule has 2 aromatic heterocycles. The van der Waals surface area contributed by atoms with E-state index in [0.29, 0.717) is 0 Å². The number of pyridine rings is 1. The second-order valence-corrected chi connectivity index (χ2v) is 7.06. The minimum atomic E-state index is -0.0996. The molecule has 2 aromatic rings. The topological polar surface area (TPSA) is 72.0 Å². The first kappa shape index (κ1) is 16.4. The van der Waals surface area contributed by atoms with Crippen molar-refractivity contribution in [3.63, 3.8) is 0 Å². The van der Waals surface area contributed by atoms with Crippen LogP contribution in [0.2, 0.25) is 0 Å². The lowest BCUT2D eigenvalue weighted by Crippen LogP contribution is -2.33. The zero-order valence-electron chi connectivity index (χ0n) is 14.7.